The molecule has 0 saturated carbocycles. The molecule has 2 unspecified atom stereocenters. The predicted molar refractivity (Wildman–Crippen MR) is 69.9 cm³/mol. The first-order chi connectivity index (χ1) is 8.13. The van der Waals surface area contributed by atoms with Crippen LogP contribution in [0.1, 0.15) is 31.9 Å². The Kier molecular flexibility index (Phi) is 3.67. The Morgan fingerprint density at radius 2 is 2.24 bits per heavy atom. The van der Waals surface area contributed by atoms with E-state index in [2.05, 4.69) is 17.1 Å². The van der Waals surface area contributed by atoms with Gasteiger partial charge in [0, 0.05) is 30.4 Å². The molecule has 1 fully saturated rings. The summed E-state index contributed by atoms with van der Waals surface area (Å²) in [5.41, 5.74) is 1.85. The molecule has 2 nitrogen and oxygen atoms in total. The van der Waals surface area contributed by atoms with E-state index < -0.39 is 0 Å². The normalized spacial score (nSPS) is 21.9. The number of hydrogen-bond acceptors (Lipinski definition) is 2. The van der Waals surface area contributed by atoms with Gasteiger partial charge in [0.05, 0.1) is 0 Å². The molecule has 1 aliphatic heterocycles. The van der Waals surface area contributed by atoms with Gasteiger partial charge in [-0.1, -0.05) is 13.0 Å². The maximum absolute atomic E-state index is 14.0. The third kappa shape index (κ3) is 2.44. The van der Waals surface area contributed by atoms with Crippen LogP contribution in [0.4, 0.5) is 10.1 Å². The van der Waals surface area contributed by atoms with E-state index >= 15 is 0 Å². The van der Waals surface area contributed by atoms with E-state index in [0.717, 1.165) is 24.3 Å². The van der Waals surface area contributed by atoms with Gasteiger partial charge in [-0.2, -0.15) is 0 Å². The molecule has 0 bridgehead atoms. The maximum Gasteiger partial charge on any atom is 0.130 e. The van der Waals surface area contributed by atoms with E-state index in [0.29, 0.717) is 5.92 Å². The molecule has 0 radical (unpaired) electrons. The first-order valence-corrected chi connectivity index (χ1v) is 6.34. The first kappa shape index (κ1) is 12.4. The van der Waals surface area contributed by atoms with Crippen molar-refractivity contribution in [3.8, 4) is 0 Å². The molecule has 0 aliphatic carbocycles. The van der Waals surface area contributed by atoms with Crippen molar-refractivity contribution in [2.24, 2.45) is 5.92 Å². The molecule has 2 rings (SSSR count). The van der Waals surface area contributed by atoms with Crippen LogP contribution in [0.15, 0.2) is 18.2 Å². The molecule has 1 N–H and O–H groups in total. The van der Waals surface area contributed by atoms with E-state index in [1.807, 2.05) is 20.0 Å². The lowest BCUT2D eigenvalue weighted by molar-refractivity contribution is 0.560. The van der Waals surface area contributed by atoms with Crippen LogP contribution >= 0.6 is 0 Å². The van der Waals surface area contributed by atoms with Crippen LogP contribution in [-0.2, 0) is 0 Å². The number of nitrogens with zero attached hydrogens (tertiary/aromatic N) is 1. The van der Waals surface area contributed by atoms with Crippen LogP contribution < -0.4 is 10.2 Å². The van der Waals surface area contributed by atoms with Crippen molar-refractivity contribution in [2.45, 2.75) is 26.3 Å². The van der Waals surface area contributed by atoms with Gasteiger partial charge in [-0.05, 0) is 38.4 Å². The summed E-state index contributed by atoms with van der Waals surface area (Å²) in [6.07, 6.45) is 1.20. The third-order valence-corrected chi connectivity index (χ3v) is 3.66. The van der Waals surface area contributed by atoms with Crippen LogP contribution in [-0.4, -0.2) is 20.1 Å². The van der Waals surface area contributed by atoms with Crippen molar-refractivity contribution >= 4 is 5.69 Å². The maximum atomic E-state index is 14.0. The van der Waals surface area contributed by atoms with E-state index in [4.69, 9.17) is 0 Å². The highest BCUT2D eigenvalue weighted by molar-refractivity contribution is 5.56. The van der Waals surface area contributed by atoms with Crippen molar-refractivity contribution in [3.63, 3.8) is 0 Å². The molecule has 1 aromatic rings. The molecule has 0 amide bonds. The first-order valence-electron chi connectivity index (χ1n) is 6.34. The molecule has 17 heavy (non-hydrogen) atoms. The second kappa shape index (κ2) is 5.05. The fourth-order valence-electron chi connectivity index (χ4n) is 2.53. The average molecular weight is 236 g/mol. The quantitative estimate of drug-likeness (QED) is 0.868. The molecule has 1 heterocycles. The highest BCUT2D eigenvalue weighted by Gasteiger charge is 2.24. The molecular formula is C14H21FN2. The van der Waals surface area contributed by atoms with E-state index in [1.54, 1.807) is 12.1 Å². The Balaban J connectivity index is 2.36. The van der Waals surface area contributed by atoms with Gasteiger partial charge in [-0.15, -0.1) is 0 Å². The Morgan fingerprint density at radius 1 is 1.47 bits per heavy atom. The Labute approximate surface area is 103 Å². The Morgan fingerprint density at radius 3 is 2.82 bits per heavy atom. The van der Waals surface area contributed by atoms with E-state index in [1.165, 1.54) is 6.42 Å². The number of benzene rings is 1. The van der Waals surface area contributed by atoms with Gasteiger partial charge in [-0.25, -0.2) is 4.39 Å². The van der Waals surface area contributed by atoms with Crippen molar-refractivity contribution in [2.75, 3.05) is 25.0 Å². The number of anilines is 1. The van der Waals surface area contributed by atoms with Crippen LogP contribution in [0.5, 0.6) is 0 Å². The zero-order chi connectivity index (χ0) is 12.4. The number of halogens is 1. The number of nitrogens with one attached hydrogen (secondary N) is 1. The van der Waals surface area contributed by atoms with Crippen molar-refractivity contribution in [1.82, 2.24) is 5.32 Å². The largest absolute Gasteiger partial charge is 0.371 e. The lowest BCUT2D eigenvalue weighted by Crippen LogP contribution is -2.24. The number of hydrogen-bond donors (Lipinski definition) is 1. The summed E-state index contributed by atoms with van der Waals surface area (Å²) in [6, 6.07) is 5.43. The van der Waals surface area contributed by atoms with Crippen LogP contribution in [0.3, 0.4) is 0 Å². The van der Waals surface area contributed by atoms with Crippen LogP contribution in [0.25, 0.3) is 0 Å². The van der Waals surface area contributed by atoms with Gasteiger partial charge < -0.3 is 10.2 Å². The summed E-state index contributed by atoms with van der Waals surface area (Å²) in [7, 11) is 1.87. The van der Waals surface area contributed by atoms with E-state index in [-0.39, 0.29) is 11.9 Å². The highest BCUT2D eigenvalue weighted by Crippen LogP contribution is 2.32. The zero-order valence-electron chi connectivity index (χ0n) is 10.8. The minimum atomic E-state index is -0.107. The average Bonchev–Trinajstić information content (AvgIpc) is 2.74. The summed E-state index contributed by atoms with van der Waals surface area (Å²) in [5, 5.41) is 3.13. The summed E-state index contributed by atoms with van der Waals surface area (Å²) in [5.74, 6) is 0.597. The monoisotopic (exact) mass is 236 g/mol. The Hall–Kier alpha value is -1.09. The molecular weight excluding hydrogens is 215 g/mol. The predicted octanol–water partition coefficient (Wildman–Crippen LogP) is 2.95. The van der Waals surface area contributed by atoms with Crippen LogP contribution in [0, 0.1) is 11.7 Å². The van der Waals surface area contributed by atoms with E-state index in [9.17, 15) is 4.39 Å². The van der Waals surface area contributed by atoms with Crippen molar-refractivity contribution in [1.29, 1.82) is 0 Å². The van der Waals surface area contributed by atoms with Crippen molar-refractivity contribution in [3.05, 3.63) is 29.6 Å². The van der Waals surface area contributed by atoms with Crippen LogP contribution in [0.2, 0.25) is 0 Å². The molecule has 1 aromatic carbocycles. The summed E-state index contributed by atoms with van der Waals surface area (Å²) in [4.78, 5) is 2.30. The molecule has 94 valence electrons. The second-order valence-electron chi connectivity index (χ2n) is 5.02. The smallest absolute Gasteiger partial charge is 0.130 e. The number of rotatable bonds is 3. The molecule has 3 heteroatoms. The van der Waals surface area contributed by atoms with Gasteiger partial charge in [0.1, 0.15) is 5.82 Å². The Bertz CT molecular complexity index is 392. The van der Waals surface area contributed by atoms with Crippen molar-refractivity contribution < 1.29 is 4.39 Å². The van der Waals surface area contributed by atoms with Gasteiger partial charge in [0.15, 0.2) is 0 Å². The van der Waals surface area contributed by atoms with Gasteiger partial charge in [0.25, 0.3) is 0 Å². The lowest BCUT2D eigenvalue weighted by atomic mass is 10.0. The topological polar surface area (TPSA) is 15.3 Å². The molecule has 1 saturated heterocycles. The minimum Gasteiger partial charge on any atom is -0.371 e. The summed E-state index contributed by atoms with van der Waals surface area (Å²) in [6.45, 7) is 6.32. The van der Waals surface area contributed by atoms with Gasteiger partial charge in [-0.3, -0.25) is 0 Å². The third-order valence-electron chi connectivity index (χ3n) is 3.66. The summed E-state index contributed by atoms with van der Waals surface area (Å²) >= 11 is 0. The fourth-order valence-corrected chi connectivity index (χ4v) is 2.53. The standard InChI is InChI=1S/C14H21FN2/c1-10-7-8-17(9-10)13-6-4-5-12(15)14(13)11(2)16-3/h4-6,10-11,16H,7-9H2,1-3H3. The SMILES string of the molecule is CNC(C)c1c(F)cccc1N1CCC(C)C1. The summed E-state index contributed by atoms with van der Waals surface area (Å²) < 4.78 is 14.0. The van der Waals surface area contributed by atoms with Gasteiger partial charge in [0.2, 0.25) is 0 Å². The minimum absolute atomic E-state index is 0.0436. The molecule has 0 aromatic heterocycles. The van der Waals surface area contributed by atoms with Gasteiger partial charge >= 0.3 is 0 Å². The zero-order valence-corrected chi connectivity index (χ0v) is 10.8. The molecule has 2 atom stereocenters. The highest BCUT2D eigenvalue weighted by atomic mass is 19.1. The lowest BCUT2D eigenvalue weighted by Gasteiger charge is -2.25. The fraction of sp³-hybridized carbons (Fsp3) is 0.571. The second-order valence-corrected chi connectivity index (χ2v) is 5.02. The molecule has 0 spiro atoms. The molecule has 1 aliphatic rings.